The van der Waals surface area contributed by atoms with Crippen molar-refractivity contribution in [3.05, 3.63) is 41.9 Å². The van der Waals surface area contributed by atoms with Gasteiger partial charge in [-0.05, 0) is 37.1 Å². The normalized spacial score (nSPS) is 15.2. The number of benzene rings is 1. The fourth-order valence-electron chi connectivity index (χ4n) is 3.42. The van der Waals surface area contributed by atoms with Gasteiger partial charge < -0.3 is 14.8 Å². The van der Waals surface area contributed by atoms with Crippen LogP contribution in [0.1, 0.15) is 64.4 Å². The molecule has 2 aromatic rings. The van der Waals surface area contributed by atoms with Gasteiger partial charge >= 0.3 is 0 Å². The van der Waals surface area contributed by atoms with Crippen LogP contribution >= 0.6 is 0 Å². The molecule has 1 heterocycles. The van der Waals surface area contributed by atoms with Crippen molar-refractivity contribution in [2.45, 2.75) is 64.9 Å². The summed E-state index contributed by atoms with van der Waals surface area (Å²) in [5, 5.41) is 3.02. The van der Waals surface area contributed by atoms with Crippen molar-refractivity contribution in [2.24, 2.45) is 5.92 Å². The lowest BCUT2D eigenvalue weighted by atomic mass is 9.88. The van der Waals surface area contributed by atoms with Gasteiger partial charge in [0.1, 0.15) is 11.6 Å². The van der Waals surface area contributed by atoms with Gasteiger partial charge in [-0.1, -0.05) is 40.0 Å². The highest BCUT2D eigenvalue weighted by molar-refractivity contribution is 5.92. The van der Waals surface area contributed by atoms with Crippen LogP contribution in [0.2, 0.25) is 0 Å². The second kappa shape index (κ2) is 9.35. The van der Waals surface area contributed by atoms with E-state index in [0.29, 0.717) is 24.1 Å². The van der Waals surface area contributed by atoms with Crippen LogP contribution in [0.3, 0.4) is 0 Å². The molecule has 29 heavy (non-hydrogen) atoms. The third-order valence-corrected chi connectivity index (χ3v) is 5.04. The maximum atomic E-state index is 12.4. The average Bonchev–Trinajstić information content (AvgIpc) is 2.69. The summed E-state index contributed by atoms with van der Waals surface area (Å²) in [6.45, 7) is 6.58. The second-order valence-electron chi connectivity index (χ2n) is 8.65. The Labute approximate surface area is 173 Å². The minimum atomic E-state index is -0.199. The minimum absolute atomic E-state index is 0.119. The molecule has 0 bridgehead atoms. The van der Waals surface area contributed by atoms with Crippen LogP contribution in [-0.4, -0.2) is 23.0 Å². The SMILES string of the molecule is COCc1cc(Oc2ccc(NC(=O)C3CCCCC3)cc2)nc(C(C)(C)C)n1. The van der Waals surface area contributed by atoms with Gasteiger partial charge in [0.05, 0.1) is 12.3 Å². The molecule has 1 fully saturated rings. The molecular weight excluding hydrogens is 366 g/mol. The van der Waals surface area contributed by atoms with E-state index in [-0.39, 0.29) is 17.2 Å². The van der Waals surface area contributed by atoms with Crippen LogP contribution < -0.4 is 10.1 Å². The fourth-order valence-corrected chi connectivity index (χ4v) is 3.42. The Morgan fingerprint density at radius 2 is 1.79 bits per heavy atom. The third kappa shape index (κ3) is 6.00. The molecule has 1 aliphatic rings. The van der Waals surface area contributed by atoms with Crippen LogP contribution in [0.25, 0.3) is 0 Å². The van der Waals surface area contributed by atoms with E-state index in [2.05, 4.69) is 36.1 Å². The summed E-state index contributed by atoms with van der Waals surface area (Å²) < 4.78 is 11.2. The number of hydrogen-bond donors (Lipinski definition) is 1. The maximum Gasteiger partial charge on any atom is 0.227 e. The summed E-state index contributed by atoms with van der Waals surface area (Å²) in [4.78, 5) is 21.5. The molecule has 1 aromatic heterocycles. The van der Waals surface area contributed by atoms with Crippen molar-refractivity contribution in [1.82, 2.24) is 9.97 Å². The lowest BCUT2D eigenvalue weighted by Crippen LogP contribution is -2.24. The molecule has 0 atom stereocenters. The smallest absolute Gasteiger partial charge is 0.227 e. The molecule has 1 amide bonds. The average molecular weight is 398 g/mol. The third-order valence-electron chi connectivity index (χ3n) is 5.04. The molecule has 0 unspecified atom stereocenters. The van der Waals surface area contributed by atoms with Crippen LogP contribution in [0.4, 0.5) is 5.69 Å². The number of rotatable bonds is 6. The van der Waals surface area contributed by atoms with E-state index in [0.717, 1.165) is 37.1 Å². The topological polar surface area (TPSA) is 73.3 Å². The summed E-state index contributed by atoms with van der Waals surface area (Å²) in [5.41, 5.74) is 1.36. The highest BCUT2D eigenvalue weighted by atomic mass is 16.5. The van der Waals surface area contributed by atoms with Crippen LogP contribution in [0, 0.1) is 5.92 Å². The summed E-state index contributed by atoms with van der Waals surface area (Å²) in [7, 11) is 1.64. The molecule has 0 saturated heterocycles. The number of anilines is 1. The first-order chi connectivity index (χ1) is 13.8. The Hall–Kier alpha value is -2.47. The molecule has 6 nitrogen and oxygen atoms in total. The van der Waals surface area contributed by atoms with Gasteiger partial charge in [0.25, 0.3) is 0 Å². The quantitative estimate of drug-likeness (QED) is 0.722. The van der Waals surface area contributed by atoms with Crippen molar-refractivity contribution in [3.63, 3.8) is 0 Å². The zero-order valence-corrected chi connectivity index (χ0v) is 17.8. The van der Waals surface area contributed by atoms with E-state index in [4.69, 9.17) is 9.47 Å². The lowest BCUT2D eigenvalue weighted by molar-refractivity contribution is -0.120. The van der Waals surface area contributed by atoms with Gasteiger partial charge in [-0.25, -0.2) is 4.98 Å². The second-order valence-corrected chi connectivity index (χ2v) is 8.65. The summed E-state index contributed by atoms with van der Waals surface area (Å²) in [6.07, 6.45) is 5.50. The predicted molar refractivity (Wildman–Crippen MR) is 113 cm³/mol. The number of nitrogens with zero attached hydrogens (tertiary/aromatic N) is 2. The molecule has 3 rings (SSSR count). The van der Waals surface area contributed by atoms with Crippen molar-refractivity contribution in [2.75, 3.05) is 12.4 Å². The van der Waals surface area contributed by atoms with E-state index in [1.54, 1.807) is 13.2 Å². The van der Waals surface area contributed by atoms with Crippen LogP contribution in [0.5, 0.6) is 11.6 Å². The van der Waals surface area contributed by atoms with E-state index in [1.165, 1.54) is 6.42 Å². The van der Waals surface area contributed by atoms with Gasteiger partial charge in [-0.15, -0.1) is 0 Å². The van der Waals surface area contributed by atoms with Crippen molar-refractivity contribution in [3.8, 4) is 11.6 Å². The minimum Gasteiger partial charge on any atom is -0.439 e. The Morgan fingerprint density at radius 3 is 2.41 bits per heavy atom. The molecule has 1 saturated carbocycles. The zero-order valence-electron chi connectivity index (χ0n) is 17.8. The zero-order chi connectivity index (χ0) is 20.9. The monoisotopic (exact) mass is 397 g/mol. The number of nitrogens with one attached hydrogen (secondary N) is 1. The van der Waals surface area contributed by atoms with Crippen molar-refractivity contribution < 1.29 is 14.3 Å². The molecule has 0 radical (unpaired) electrons. The predicted octanol–water partition coefficient (Wildman–Crippen LogP) is 5.23. The largest absolute Gasteiger partial charge is 0.439 e. The van der Waals surface area contributed by atoms with E-state index in [9.17, 15) is 4.79 Å². The van der Waals surface area contributed by atoms with Crippen LogP contribution in [0.15, 0.2) is 30.3 Å². The highest BCUT2D eigenvalue weighted by Crippen LogP contribution is 2.27. The molecule has 1 aliphatic carbocycles. The van der Waals surface area contributed by atoms with E-state index >= 15 is 0 Å². The first kappa shape index (κ1) is 21.2. The molecule has 1 aromatic carbocycles. The number of aromatic nitrogens is 2. The molecule has 0 aliphatic heterocycles. The van der Waals surface area contributed by atoms with Gasteiger partial charge in [0.2, 0.25) is 11.8 Å². The maximum absolute atomic E-state index is 12.4. The number of carbonyl (C=O) groups excluding carboxylic acids is 1. The lowest BCUT2D eigenvalue weighted by Gasteiger charge is -2.20. The Balaban J connectivity index is 1.69. The molecule has 156 valence electrons. The number of methoxy groups -OCH3 is 1. The highest BCUT2D eigenvalue weighted by Gasteiger charge is 2.21. The summed E-state index contributed by atoms with van der Waals surface area (Å²) in [6, 6.07) is 9.18. The number of ether oxygens (including phenoxy) is 2. The molecule has 6 heteroatoms. The first-order valence-corrected chi connectivity index (χ1v) is 10.3. The van der Waals surface area contributed by atoms with Gasteiger partial charge in [0, 0.05) is 30.2 Å². The van der Waals surface area contributed by atoms with Gasteiger partial charge in [-0.2, -0.15) is 4.98 Å². The number of carbonyl (C=O) groups is 1. The van der Waals surface area contributed by atoms with E-state index in [1.807, 2.05) is 24.3 Å². The molecule has 0 spiro atoms. The molecule has 1 N–H and O–H groups in total. The Morgan fingerprint density at radius 1 is 1.10 bits per heavy atom. The number of hydrogen-bond acceptors (Lipinski definition) is 5. The van der Waals surface area contributed by atoms with Crippen molar-refractivity contribution >= 4 is 11.6 Å². The van der Waals surface area contributed by atoms with E-state index < -0.39 is 0 Å². The van der Waals surface area contributed by atoms with Crippen LogP contribution in [-0.2, 0) is 21.6 Å². The van der Waals surface area contributed by atoms with Crippen molar-refractivity contribution in [1.29, 1.82) is 0 Å². The molecular formula is C23H31N3O3. The fraction of sp³-hybridized carbons (Fsp3) is 0.522. The van der Waals surface area contributed by atoms with Gasteiger partial charge in [-0.3, -0.25) is 4.79 Å². The first-order valence-electron chi connectivity index (χ1n) is 10.3. The Bertz CT molecular complexity index is 822. The standard InChI is InChI=1S/C23H31N3O3/c1-23(2,3)22-25-18(15-28-4)14-20(26-22)29-19-12-10-17(11-13-19)24-21(27)16-8-6-5-7-9-16/h10-14,16H,5-9,15H2,1-4H3,(H,24,27). The van der Waals surface area contributed by atoms with Gasteiger partial charge in [0.15, 0.2) is 0 Å². The summed E-state index contributed by atoms with van der Waals surface area (Å²) in [5.74, 6) is 2.10. The number of amides is 1. The summed E-state index contributed by atoms with van der Waals surface area (Å²) >= 11 is 0. The Kier molecular flexibility index (Phi) is 6.85.